The molecule has 0 N–H and O–H groups in total. The highest BCUT2D eigenvalue weighted by atomic mass is 15.0. The summed E-state index contributed by atoms with van der Waals surface area (Å²) >= 11 is 0. The Morgan fingerprint density at radius 2 is 0.914 bits per heavy atom. The minimum absolute atomic E-state index is 1.13. The molecule has 0 aliphatic carbocycles. The van der Waals surface area contributed by atoms with Crippen LogP contribution in [0.25, 0.3) is 99.2 Å². The van der Waals surface area contributed by atoms with E-state index in [-0.39, 0.29) is 0 Å². The summed E-state index contributed by atoms with van der Waals surface area (Å²) in [4.78, 5) is 0. The standard InChI is InChI=1S/C55H39N3/c1-3-4-7-18-37(2)38-19-16-20-39(35-38)40-21-17-26-43(36-40)57-49-30-15-13-28-47(49)53-51(57)34-32-45-44-31-33-50-52(54(44)58(55(45)53)42-24-10-6-11-25-42)46-27-12-14-29-48(46)56(50)41-22-8-5-9-23-41/h3-36H,1H2,2H3/b7-4-,37-18+. The summed E-state index contributed by atoms with van der Waals surface area (Å²) in [6.45, 7) is 5.96. The second-order valence-corrected chi connectivity index (χ2v) is 15.0. The number of nitrogens with zero attached hydrogens (tertiary/aromatic N) is 3. The van der Waals surface area contributed by atoms with Crippen LogP contribution in [0.1, 0.15) is 12.5 Å². The number of hydrogen-bond acceptors (Lipinski definition) is 0. The molecule has 0 bridgehead atoms. The molecular weight excluding hydrogens is 703 g/mol. The Balaban J connectivity index is 1.22. The van der Waals surface area contributed by atoms with Gasteiger partial charge in [-0.2, -0.15) is 0 Å². The molecule has 0 radical (unpaired) electrons. The number of hydrogen-bond donors (Lipinski definition) is 0. The van der Waals surface area contributed by atoms with Crippen molar-refractivity contribution >= 4 is 71.0 Å². The molecule has 3 heterocycles. The van der Waals surface area contributed by atoms with E-state index in [1.54, 1.807) is 6.08 Å². The van der Waals surface area contributed by atoms with Gasteiger partial charge in [-0.1, -0.05) is 146 Å². The van der Waals surface area contributed by atoms with Gasteiger partial charge in [0.05, 0.1) is 33.1 Å². The lowest BCUT2D eigenvalue weighted by Gasteiger charge is -2.12. The highest BCUT2D eigenvalue weighted by Crippen LogP contribution is 2.46. The highest BCUT2D eigenvalue weighted by molar-refractivity contribution is 6.31. The molecule has 11 rings (SSSR count). The smallest absolute Gasteiger partial charge is 0.0641 e. The maximum absolute atomic E-state index is 3.81. The van der Waals surface area contributed by atoms with Gasteiger partial charge in [-0.3, -0.25) is 0 Å². The van der Waals surface area contributed by atoms with Crippen molar-refractivity contribution in [1.29, 1.82) is 0 Å². The Bertz CT molecular complexity index is 3460. The predicted octanol–water partition coefficient (Wildman–Crippen LogP) is 14.8. The minimum atomic E-state index is 1.13. The molecule has 3 nitrogen and oxygen atoms in total. The topological polar surface area (TPSA) is 14.8 Å². The lowest BCUT2D eigenvalue weighted by atomic mass is 9.99. The lowest BCUT2D eigenvalue weighted by molar-refractivity contribution is 1.17. The first-order valence-corrected chi connectivity index (χ1v) is 19.9. The van der Waals surface area contributed by atoms with E-state index in [0.29, 0.717) is 0 Å². The van der Waals surface area contributed by atoms with Crippen molar-refractivity contribution < 1.29 is 0 Å². The van der Waals surface area contributed by atoms with E-state index in [2.05, 4.69) is 215 Å². The van der Waals surface area contributed by atoms with Crippen LogP contribution in [0.15, 0.2) is 213 Å². The Kier molecular flexibility index (Phi) is 7.87. The number of rotatable bonds is 7. The third kappa shape index (κ3) is 5.14. The van der Waals surface area contributed by atoms with Gasteiger partial charge < -0.3 is 13.7 Å². The highest BCUT2D eigenvalue weighted by Gasteiger charge is 2.24. The fourth-order valence-corrected chi connectivity index (χ4v) is 9.21. The van der Waals surface area contributed by atoms with Gasteiger partial charge in [0.15, 0.2) is 0 Å². The van der Waals surface area contributed by atoms with Gasteiger partial charge in [-0.05, 0) is 95.9 Å². The monoisotopic (exact) mass is 741 g/mol. The van der Waals surface area contributed by atoms with Crippen LogP contribution in [0.5, 0.6) is 0 Å². The van der Waals surface area contributed by atoms with E-state index in [1.165, 1.54) is 87.7 Å². The molecular formula is C55H39N3. The maximum atomic E-state index is 3.81. The number of fused-ring (bicyclic) bond motifs is 11. The lowest BCUT2D eigenvalue weighted by Crippen LogP contribution is -1.96. The Labute approximate surface area is 336 Å². The zero-order valence-electron chi connectivity index (χ0n) is 32.2. The number of allylic oxidation sites excluding steroid dienone is 5. The third-order valence-corrected chi connectivity index (χ3v) is 11.7. The molecule has 0 saturated heterocycles. The average Bonchev–Trinajstić information content (AvgIpc) is 3.93. The fourth-order valence-electron chi connectivity index (χ4n) is 9.21. The van der Waals surface area contributed by atoms with E-state index in [9.17, 15) is 0 Å². The maximum Gasteiger partial charge on any atom is 0.0641 e. The predicted molar refractivity (Wildman–Crippen MR) is 248 cm³/mol. The molecule has 274 valence electrons. The molecule has 0 aliphatic rings. The molecule has 0 spiro atoms. The van der Waals surface area contributed by atoms with Crippen LogP contribution in [0.4, 0.5) is 0 Å². The summed E-state index contributed by atoms with van der Waals surface area (Å²) in [5, 5.41) is 7.45. The molecule has 58 heavy (non-hydrogen) atoms. The second-order valence-electron chi connectivity index (χ2n) is 15.0. The van der Waals surface area contributed by atoms with E-state index in [1.807, 2.05) is 12.2 Å². The number of benzene rings is 8. The number of para-hydroxylation sites is 4. The molecule has 0 fully saturated rings. The second kappa shape index (κ2) is 13.5. The first-order valence-electron chi connectivity index (χ1n) is 19.9. The average molecular weight is 742 g/mol. The van der Waals surface area contributed by atoms with Crippen LogP contribution < -0.4 is 0 Å². The molecule has 3 aromatic heterocycles. The van der Waals surface area contributed by atoms with Gasteiger partial charge in [0.2, 0.25) is 0 Å². The molecule has 0 aliphatic heterocycles. The molecule has 0 atom stereocenters. The Morgan fingerprint density at radius 3 is 1.52 bits per heavy atom. The fraction of sp³-hybridized carbons (Fsp3) is 0.0182. The van der Waals surface area contributed by atoms with Crippen molar-refractivity contribution in [1.82, 2.24) is 13.7 Å². The van der Waals surface area contributed by atoms with Crippen LogP contribution in [0.2, 0.25) is 0 Å². The Morgan fingerprint density at radius 1 is 0.414 bits per heavy atom. The van der Waals surface area contributed by atoms with Gasteiger partial charge in [-0.25, -0.2) is 0 Å². The number of aromatic nitrogens is 3. The molecule has 8 aromatic carbocycles. The summed E-state index contributed by atoms with van der Waals surface area (Å²) in [6, 6.07) is 66.5. The van der Waals surface area contributed by atoms with Crippen LogP contribution >= 0.6 is 0 Å². The van der Waals surface area contributed by atoms with Gasteiger partial charge >= 0.3 is 0 Å². The first-order chi connectivity index (χ1) is 28.7. The molecule has 3 heteroatoms. The van der Waals surface area contributed by atoms with Crippen LogP contribution in [-0.4, -0.2) is 13.7 Å². The molecule has 11 aromatic rings. The van der Waals surface area contributed by atoms with Crippen molar-refractivity contribution in [2.24, 2.45) is 0 Å². The quantitative estimate of drug-likeness (QED) is 0.145. The first kappa shape index (κ1) is 33.7. The summed E-state index contributed by atoms with van der Waals surface area (Å²) in [5.74, 6) is 0. The van der Waals surface area contributed by atoms with E-state index in [4.69, 9.17) is 0 Å². The van der Waals surface area contributed by atoms with Crippen molar-refractivity contribution in [2.45, 2.75) is 6.92 Å². The Hall–Kier alpha value is -7.62. The zero-order chi connectivity index (χ0) is 38.7. The van der Waals surface area contributed by atoms with Crippen LogP contribution in [0, 0.1) is 0 Å². The summed E-state index contributed by atoms with van der Waals surface area (Å²) in [6.07, 6.45) is 7.94. The van der Waals surface area contributed by atoms with Gasteiger partial charge in [0.25, 0.3) is 0 Å². The van der Waals surface area contributed by atoms with Gasteiger partial charge in [0.1, 0.15) is 0 Å². The van der Waals surface area contributed by atoms with Crippen LogP contribution in [0.3, 0.4) is 0 Å². The molecule has 0 saturated carbocycles. The third-order valence-electron chi connectivity index (χ3n) is 11.7. The van der Waals surface area contributed by atoms with Gasteiger partial charge in [-0.15, -0.1) is 0 Å². The summed E-state index contributed by atoms with van der Waals surface area (Å²) in [7, 11) is 0. The van der Waals surface area contributed by atoms with E-state index < -0.39 is 0 Å². The van der Waals surface area contributed by atoms with Crippen molar-refractivity contribution in [3.05, 3.63) is 218 Å². The van der Waals surface area contributed by atoms with Crippen LogP contribution in [-0.2, 0) is 0 Å². The van der Waals surface area contributed by atoms with E-state index in [0.717, 1.165) is 17.1 Å². The van der Waals surface area contributed by atoms with Crippen molar-refractivity contribution in [3.63, 3.8) is 0 Å². The van der Waals surface area contributed by atoms with Crippen molar-refractivity contribution in [2.75, 3.05) is 0 Å². The van der Waals surface area contributed by atoms with E-state index >= 15 is 0 Å². The normalized spacial score (nSPS) is 12.3. The molecule has 0 amide bonds. The SMILES string of the molecule is C=C/C=C\C=C(/C)c1cccc(-c2cccc(-n3c4ccccc4c4c3ccc3c5ccc6c(c7ccccc7n6-c6ccccc6)c5n(-c5ccccc5)c34)c2)c1. The zero-order valence-corrected chi connectivity index (χ0v) is 32.2. The summed E-state index contributed by atoms with van der Waals surface area (Å²) in [5.41, 5.74) is 15.4. The summed E-state index contributed by atoms with van der Waals surface area (Å²) < 4.78 is 7.40. The minimum Gasteiger partial charge on any atom is -0.309 e. The van der Waals surface area contributed by atoms with Crippen molar-refractivity contribution in [3.8, 4) is 28.2 Å². The van der Waals surface area contributed by atoms with Gasteiger partial charge in [0, 0.05) is 49.4 Å². The largest absolute Gasteiger partial charge is 0.309 e. The molecule has 0 unspecified atom stereocenters.